The fourth-order valence-corrected chi connectivity index (χ4v) is 4.44. The van der Waals surface area contributed by atoms with E-state index in [1.807, 2.05) is 0 Å². The van der Waals surface area contributed by atoms with Crippen LogP contribution < -0.4 is 4.18 Å². The van der Waals surface area contributed by atoms with Crippen LogP contribution in [0.2, 0.25) is 5.02 Å². The van der Waals surface area contributed by atoms with Crippen molar-refractivity contribution in [1.82, 2.24) is 4.90 Å². The summed E-state index contributed by atoms with van der Waals surface area (Å²) in [5, 5.41) is -0.208. The predicted octanol–water partition coefficient (Wildman–Crippen LogP) is 3.71. The number of nitrogens with zero attached hydrogens (tertiary/aromatic N) is 1. The predicted molar refractivity (Wildman–Crippen MR) is 115 cm³/mol. The third kappa shape index (κ3) is 5.66. The zero-order valence-corrected chi connectivity index (χ0v) is 18.5. The molecule has 0 radical (unpaired) electrons. The largest absolute Gasteiger partial charge is 0.465 e. The second kappa shape index (κ2) is 9.54. The Morgan fingerprint density at radius 3 is 2.55 bits per heavy atom. The highest BCUT2D eigenvalue weighted by Crippen LogP contribution is 2.32. The van der Waals surface area contributed by atoms with Gasteiger partial charge in [0, 0.05) is 5.02 Å². The molecule has 0 saturated carbocycles. The number of rotatable bonds is 7. The quantitative estimate of drug-likeness (QED) is 0.334. The number of halogens is 1. The summed E-state index contributed by atoms with van der Waals surface area (Å²) < 4.78 is 34.8. The number of hydrogen-bond donors (Lipinski definition) is 0. The molecule has 0 spiro atoms. The fourth-order valence-electron chi connectivity index (χ4n) is 2.56. The van der Waals surface area contributed by atoms with Gasteiger partial charge in [0.05, 0.1) is 11.5 Å². The molecule has 0 aliphatic carbocycles. The molecule has 162 valence electrons. The number of carbonyl (C=O) groups excluding carboxylic acids is 3. The Morgan fingerprint density at radius 2 is 1.87 bits per heavy atom. The first-order chi connectivity index (χ1) is 14.7. The van der Waals surface area contributed by atoms with Gasteiger partial charge in [0.2, 0.25) is 0 Å². The zero-order chi connectivity index (χ0) is 22.6. The average Bonchev–Trinajstić information content (AvgIpc) is 2.96. The van der Waals surface area contributed by atoms with Crippen LogP contribution in [0, 0.1) is 0 Å². The van der Waals surface area contributed by atoms with Crippen molar-refractivity contribution in [3.8, 4) is 5.75 Å². The number of hydrogen-bond acceptors (Lipinski definition) is 8. The Bertz CT molecular complexity index is 1160. The van der Waals surface area contributed by atoms with Gasteiger partial charge >= 0.3 is 16.1 Å². The fraction of sp³-hybridized carbons (Fsp3) is 0.150. The van der Waals surface area contributed by atoms with E-state index in [0.717, 1.165) is 4.90 Å². The molecule has 0 unspecified atom stereocenters. The average molecular weight is 482 g/mol. The number of thioether (sulfide) groups is 1. The zero-order valence-electron chi connectivity index (χ0n) is 16.1. The SMILES string of the molecule is CCOC(=O)CN1C(=O)S/C(=C\c2cccc(OS(=O)(=O)c3ccc(Cl)cc3)c2)C1=O. The number of benzene rings is 2. The van der Waals surface area contributed by atoms with Crippen LogP contribution in [0.5, 0.6) is 5.75 Å². The van der Waals surface area contributed by atoms with Gasteiger partial charge in [-0.15, -0.1) is 0 Å². The van der Waals surface area contributed by atoms with E-state index in [1.165, 1.54) is 42.5 Å². The number of ether oxygens (including phenoxy) is 1. The topological polar surface area (TPSA) is 107 Å². The molecule has 2 amide bonds. The molecule has 8 nitrogen and oxygen atoms in total. The van der Waals surface area contributed by atoms with Gasteiger partial charge in [-0.05, 0) is 66.7 Å². The minimum Gasteiger partial charge on any atom is -0.465 e. The van der Waals surface area contributed by atoms with Crippen molar-refractivity contribution in [2.45, 2.75) is 11.8 Å². The van der Waals surface area contributed by atoms with Crippen LogP contribution in [0.15, 0.2) is 58.3 Å². The molecule has 1 fully saturated rings. The maximum atomic E-state index is 12.5. The lowest BCUT2D eigenvalue weighted by Gasteiger charge is -2.10. The highest BCUT2D eigenvalue weighted by molar-refractivity contribution is 8.18. The molecule has 1 aliphatic rings. The Morgan fingerprint density at radius 1 is 1.16 bits per heavy atom. The number of imide groups is 1. The molecule has 11 heteroatoms. The van der Waals surface area contributed by atoms with E-state index >= 15 is 0 Å². The summed E-state index contributed by atoms with van der Waals surface area (Å²) >= 11 is 6.45. The first kappa shape index (κ1) is 22.9. The van der Waals surface area contributed by atoms with Crippen molar-refractivity contribution in [3.05, 3.63) is 64.0 Å². The number of carbonyl (C=O) groups is 3. The van der Waals surface area contributed by atoms with Gasteiger partial charge in [0.25, 0.3) is 11.1 Å². The van der Waals surface area contributed by atoms with Gasteiger partial charge in [-0.25, -0.2) is 0 Å². The van der Waals surface area contributed by atoms with Crippen molar-refractivity contribution in [2.24, 2.45) is 0 Å². The molecule has 31 heavy (non-hydrogen) atoms. The minimum absolute atomic E-state index is 0.0226. The van der Waals surface area contributed by atoms with Crippen LogP contribution in [0.25, 0.3) is 6.08 Å². The standard InChI is InChI=1S/C20H16ClNO7S2/c1-2-28-18(23)12-22-19(24)17(30-20(22)25)11-13-4-3-5-15(10-13)29-31(26,27)16-8-6-14(21)7-9-16/h3-11H,2,12H2,1H3/b17-11-. The summed E-state index contributed by atoms with van der Waals surface area (Å²) in [5.41, 5.74) is 0.436. The summed E-state index contributed by atoms with van der Waals surface area (Å²) in [6, 6.07) is 11.5. The molecule has 0 atom stereocenters. The van der Waals surface area contributed by atoms with Gasteiger partial charge in [0.1, 0.15) is 17.2 Å². The molecule has 2 aromatic carbocycles. The van der Waals surface area contributed by atoms with Crippen molar-refractivity contribution < 1.29 is 31.7 Å². The van der Waals surface area contributed by atoms with Crippen molar-refractivity contribution in [2.75, 3.05) is 13.2 Å². The van der Waals surface area contributed by atoms with Crippen LogP contribution in [-0.2, 0) is 24.4 Å². The van der Waals surface area contributed by atoms with Crippen LogP contribution in [-0.4, -0.2) is 43.6 Å². The van der Waals surface area contributed by atoms with Crippen LogP contribution >= 0.6 is 23.4 Å². The van der Waals surface area contributed by atoms with E-state index in [2.05, 4.69) is 0 Å². The Hall–Kier alpha value is -2.82. The third-order valence-corrected chi connectivity index (χ3v) is 6.35. The molecule has 0 aromatic heterocycles. The lowest BCUT2D eigenvalue weighted by atomic mass is 10.2. The summed E-state index contributed by atoms with van der Waals surface area (Å²) in [5.74, 6) is -1.30. The maximum absolute atomic E-state index is 12.5. The summed E-state index contributed by atoms with van der Waals surface area (Å²) in [7, 11) is -4.09. The normalized spacial score (nSPS) is 15.4. The van der Waals surface area contributed by atoms with E-state index in [4.69, 9.17) is 20.5 Å². The van der Waals surface area contributed by atoms with Gasteiger partial charge in [0.15, 0.2) is 0 Å². The molecule has 1 heterocycles. The third-order valence-electron chi connectivity index (χ3n) is 3.93. The van der Waals surface area contributed by atoms with E-state index < -0.39 is 33.8 Å². The van der Waals surface area contributed by atoms with Crippen LogP contribution in [0.1, 0.15) is 12.5 Å². The number of esters is 1. The Labute approximate surface area is 187 Å². The second-order valence-corrected chi connectivity index (χ2v) is 9.11. The second-order valence-electron chi connectivity index (χ2n) is 6.14. The Balaban J connectivity index is 1.78. The van der Waals surface area contributed by atoms with E-state index in [0.29, 0.717) is 22.3 Å². The molecule has 2 aromatic rings. The molecule has 3 rings (SSSR count). The lowest BCUT2D eigenvalue weighted by Crippen LogP contribution is -2.34. The van der Waals surface area contributed by atoms with Gasteiger partial charge in [-0.2, -0.15) is 8.42 Å². The summed E-state index contributed by atoms with van der Waals surface area (Å²) in [4.78, 5) is 36.9. The van der Waals surface area contributed by atoms with Gasteiger partial charge in [-0.3, -0.25) is 19.3 Å². The van der Waals surface area contributed by atoms with Crippen molar-refractivity contribution >= 4 is 56.7 Å². The summed E-state index contributed by atoms with van der Waals surface area (Å²) in [6.45, 7) is 1.28. The highest BCUT2D eigenvalue weighted by atomic mass is 35.5. The maximum Gasteiger partial charge on any atom is 0.339 e. The molecular weight excluding hydrogens is 466 g/mol. The molecule has 0 N–H and O–H groups in total. The van der Waals surface area contributed by atoms with E-state index in [-0.39, 0.29) is 22.2 Å². The van der Waals surface area contributed by atoms with Gasteiger partial charge in [-0.1, -0.05) is 23.7 Å². The smallest absolute Gasteiger partial charge is 0.339 e. The molecule has 0 bridgehead atoms. The van der Waals surface area contributed by atoms with Crippen LogP contribution in [0.4, 0.5) is 4.79 Å². The number of amides is 2. The first-order valence-corrected chi connectivity index (χ1v) is 11.5. The molecular formula is C20H16ClNO7S2. The molecule has 1 saturated heterocycles. The van der Waals surface area contributed by atoms with Crippen molar-refractivity contribution in [1.29, 1.82) is 0 Å². The van der Waals surface area contributed by atoms with E-state index in [9.17, 15) is 22.8 Å². The monoisotopic (exact) mass is 481 g/mol. The molecule has 1 aliphatic heterocycles. The lowest BCUT2D eigenvalue weighted by molar-refractivity contribution is -0.145. The highest BCUT2D eigenvalue weighted by Gasteiger charge is 2.36. The van der Waals surface area contributed by atoms with Gasteiger partial charge < -0.3 is 8.92 Å². The minimum atomic E-state index is -4.09. The van der Waals surface area contributed by atoms with Crippen LogP contribution in [0.3, 0.4) is 0 Å². The first-order valence-electron chi connectivity index (χ1n) is 8.90. The Kier molecular flexibility index (Phi) is 7.04. The van der Waals surface area contributed by atoms with Crippen molar-refractivity contribution in [3.63, 3.8) is 0 Å². The van der Waals surface area contributed by atoms with E-state index in [1.54, 1.807) is 19.1 Å². The summed E-state index contributed by atoms with van der Waals surface area (Å²) in [6.07, 6.45) is 1.41.